The smallest absolute Gasteiger partial charge is 0.265 e. The van der Waals surface area contributed by atoms with Crippen LogP contribution in [-0.4, -0.2) is 51.0 Å². The van der Waals surface area contributed by atoms with Crippen molar-refractivity contribution in [3.8, 4) is 17.2 Å². The van der Waals surface area contributed by atoms with E-state index in [4.69, 9.17) is 18.8 Å². The zero-order valence-corrected chi connectivity index (χ0v) is 23.1. The maximum atomic E-state index is 13.2. The number of piperidine rings is 1. The number of carbonyl (C=O) groups excluding carboxylic acids is 1. The molecule has 8 nitrogen and oxygen atoms in total. The standard InChI is InChI=1S/C19H20FNO3.C10H16O4S/c20-15-3-1-13(2-4-15)17-7-8-21-10-14(17)11-22-16-5-6-18-19(9-16)24-12-23-18;1-9(2)7-3-4-10(9,8(11)5-7)6-15(12,13)14/h1-6,9,14,17,21H,7-8,10-12H2;7H,3-6H2,1-2H3,(H,12,13,14)/t14-,17-;/m0./s1. The Hall–Kier alpha value is -2.69. The Kier molecular flexibility index (Phi) is 7.65. The average Bonchev–Trinajstić information content (AvgIpc) is 3.50. The quantitative estimate of drug-likeness (QED) is 0.493. The van der Waals surface area contributed by atoms with Gasteiger partial charge in [0.1, 0.15) is 17.3 Å². The van der Waals surface area contributed by atoms with Crippen molar-refractivity contribution in [2.24, 2.45) is 22.7 Å². The molecule has 0 amide bonds. The number of Topliss-reactive ketones (excluding diaryl/α,β-unsaturated/α-hetero) is 1. The summed E-state index contributed by atoms with van der Waals surface area (Å²) in [5.74, 6) is 2.69. The third kappa shape index (κ3) is 5.64. The number of benzene rings is 2. The number of halogens is 1. The SMILES string of the molecule is CC1(C)C2CCC1(CS(=O)(=O)O)C(=O)C2.Fc1ccc([C@@H]2CCNC[C@H]2COc2ccc3c(c2)OCO3)cc1. The van der Waals surface area contributed by atoms with Gasteiger partial charge in [0.05, 0.1) is 17.8 Å². The van der Waals surface area contributed by atoms with Crippen molar-refractivity contribution < 1.29 is 36.4 Å². The predicted molar refractivity (Wildman–Crippen MR) is 143 cm³/mol. The summed E-state index contributed by atoms with van der Waals surface area (Å²) in [4.78, 5) is 11.9. The van der Waals surface area contributed by atoms with Crippen molar-refractivity contribution in [2.45, 2.75) is 45.4 Å². The number of hydrogen-bond donors (Lipinski definition) is 2. The Labute approximate surface area is 229 Å². The molecular formula is C29H36FNO7S. The zero-order valence-electron chi connectivity index (χ0n) is 22.3. The topological polar surface area (TPSA) is 111 Å². The van der Waals surface area contributed by atoms with Gasteiger partial charge in [-0.3, -0.25) is 9.35 Å². The summed E-state index contributed by atoms with van der Waals surface area (Å²) >= 11 is 0. The molecule has 0 radical (unpaired) electrons. The van der Waals surface area contributed by atoms with E-state index in [0.717, 1.165) is 43.2 Å². The third-order valence-electron chi connectivity index (χ3n) is 9.28. The van der Waals surface area contributed by atoms with E-state index in [2.05, 4.69) is 5.32 Å². The Balaban J connectivity index is 0.000000177. The van der Waals surface area contributed by atoms with Crippen LogP contribution in [0.15, 0.2) is 42.5 Å². The van der Waals surface area contributed by atoms with Gasteiger partial charge in [0, 0.05) is 24.9 Å². The lowest BCUT2D eigenvalue weighted by Crippen LogP contribution is -2.42. The van der Waals surface area contributed by atoms with E-state index in [9.17, 15) is 17.6 Å². The first-order chi connectivity index (χ1) is 18.5. The molecule has 6 rings (SSSR count). The largest absolute Gasteiger partial charge is 0.493 e. The van der Waals surface area contributed by atoms with Gasteiger partial charge in [-0.1, -0.05) is 26.0 Å². The monoisotopic (exact) mass is 561 g/mol. The summed E-state index contributed by atoms with van der Waals surface area (Å²) in [7, 11) is -4.08. The lowest BCUT2D eigenvalue weighted by atomic mass is 9.70. The van der Waals surface area contributed by atoms with Crippen LogP contribution in [0.2, 0.25) is 0 Å². The van der Waals surface area contributed by atoms with Gasteiger partial charge in [-0.05, 0) is 72.9 Å². The lowest BCUT2D eigenvalue weighted by Gasteiger charge is -2.35. The van der Waals surface area contributed by atoms with Crippen LogP contribution >= 0.6 is 0 Å². The van der Waals surface area contributed by atoms with Gasteiger partial charge in [-0.15, -0.1) is 0 Å². The minimum atomic E-state index is -4.08. The molecule has 2 saturated carbocycles. The highest BCUT2D eigenvalue weighted by Crippen LogP contribution is 2.64. The molecule has 2 N–H and O–H groups in total. The Bertz CT molecular complexity index is 1310. The van der Waals surface area contributed by atoms with E-state index in [1.54, 1.807) is 0 Å². The molecule has 2 bridgehead atoms. The molecule has 4 aliphatic rings. The fourth-order valence-electron chi connectivity index (χ4n) is 6.84. The van der Waals surface area contributed by atoms with Gasteiger partial charge in [0.15, 0.2) is 11.5 Å². The highest BCUT2D eigenvalue weighted by atomic mass is 32.2. The van der Waals surface area contributed by atoms with E-state index in [-0.39, 0.29) is 29.7 Å². The molecule has 0 spiro atoms. The average molecular weight is 562 g/mol. The summed E-state index contributed by atoms with van der Waals surface area (Å²) in [5, 5.41) is 3.43. The van der Waals surface area contributed by atoms with Crippen LogP contribution in [0.4, 0.5) is 4.39 Å². The van der Waals surface area contributed by atoms with Crippen molar-refractivity contribution in [1.82, 2.24) is 5.32 Å². The van der Waals surface area contributed by atoms with Crippen LogP contribution in [0.5, 0.6) is 17.2 Å². The summed E-state index contributed by atoms with van der Waals surface area (Å²) in [6.07, 6.45) is 3.00. The van der Waals surface area contributed by atoms with E-state index in [1.165, 1.54) is 17.7 Å². The van der Waals surface area contributed by atoms with Crippen LogP contribution < -0.4 is 19.5 Å². The summed E-state index contributed by atoms with van der Waals surface area (Å²) in [5.41, 5.74) is 0.0580. The third-order valence-corrected chi connectivity index (χ3v) is 10.1. The van der Waals surface area contributed by atoms with Crippen LogP contribution in [0.3, 0.4) is 0 Å². The fourth-order valence-corrected chi connectivity index (χ4v) is 8.14. The van der Waals surface area contributed by atoms with E-state index in [1.807, 2.05) is 44.2 Å². The predicted octanol–water partition coefficient (Wildman–Crippen LogP) is 4.60. The van der Waals surface area contributed by atoms with Crippen LogP contribution in [0.25, 0.3) is 0 Å². The maximum absolute atomic E-state index is 13.2. The molecule has 39 heavy (non-hydrogen) atoms. The van der Waals surface area contributed by atoms with Crippen molar-refractivity contribution >= 4 is 15.9 Å². The second-order valence-electron chi connectivity index (χ2n) is 11.6. The second-order valence-corrected chi connectivity index (χ2v) is 13.1. The van der Waals surface area contributed by atoms with Gasteiger partial charge in [0.25, 0.3) is 10.1 Å². The van der Waals surface area contributed by atoms with E-state index in [0.29, 0.717) is 31.3 Å². The van der Waals surface area contributed by atoms with Gasteiger partial charge in [0.2, 0.25) is 6.79 Å². The molecule has 1 saturated heterocycles. The zero-order chi connectivity index (χ0) is 27.8. The first-order valence-electron chi connectivity index (χ1n) is 13.5. The molecule has 10 heteroatoms. The first kappa shape index (κ1) is 27.9. The number of ether oxygens (including phenoxy) is 3. The molecular weight excluding hydrogens is 525 g/mol. The number of nitrogens with one attached hydrogen (secondary N) is 1. The van der Waals surface area contributed by atoms with Crippen LogP contribution in [-0.2, 0) is 14.9 Å². The molecule has 2 aliphatic heterocycles. The Morgan fingerprint density at radius 3 is 2.51 bits per heavy atom. The van der Waals surface area contributed by atoms with Gasteiger partial charge < -0.3 is 19.5 Å². The molecule has 2 aromatic rings. The maximum Gasteiger partial charge on any atom is 0.265 e. The normalized spacial score (nSPS) is 28.6. The van der Waals surface area contributed by atoms with Crippen molar-refractivity contribution in [2.75, 3.05) is 32.2 Å². The highest BCUT2D eigenvalue weighted by Gasteiger charge is 2.65. The molecule has 2 heterocycles. The fraction of sp³-hybridized carbons (Fsp3) is 0.552. The van der Waals surface area contributed by atoms with Crippen molar-refractivity contribution in [3.05, 3.63) is 53.8 Å². The second kappa shape index (κ2) is 10.7. The molecule has 0 aromatic heterocycles. The minimum absolute atomic E-state index is 0.0152. The number of hydrogen-bond acceptors (Lipinski definition) is 7. The summed E-state index contributed by atoms with van der Waals surface area (Å²) < 4.78 is 60.8. The number of carbonyl (C=O) groups is 1. The number of fused-ring (bicyclic) bond motifs is 3. The number of rotatable bonds is 6. The first-order valence-corrected chi connectivity index (χ1v) is 15.1. The molecule has 2 aromatic carbocycles. The van der Waals surface area contributed by atoms with E-state index >= 15 is 0 Å². The Morgan fingerprint density at radius 1 is 1.10 bits per heavy atom. The number of ketones is 1. The molecule has 4 atom stereocenters. The summed E-state index contributed by atoms with van der Waals surface area (Å²) in [6, 6.07) is 12.5. The van der Waals surface area contributed by atoms with Crippen molar-refractivity contribution in [1.29, 1.82) is 0 Å². The molecule has 2 aliphatic carbocycles. The van der Waals surface area contributed by atoms with Crippen LogP contribution in [0.1, 0.15) is 51.0 Å². The van der Waals surface area contributed by atoms with Crippen LogP contribution in [0, 0.1) is 28.5 Å². The van der Waals surface area contributed by atoms with Crippen molar-refractivity contribution in [3.63, 3.8) is 0 Å². The summed E-state index contributed by atoms with van der Waals surface area (Å²) in [6.45, 7) is 6.63. The molecule has 3 fully saturated rings. The van der Waals surface area contributed by atoms with Gasteiger partial charge in [-0.2, -0.15) is 8.42 Å². The molecule has 212 valence electrons. The molecule has 2 unspecified atom stereocenters. The minimum Gasteiger partial charge on any atom is -0.493 e. The Morgan fingerprint density at radius 2 is 1.85 bits per heavy atom. The van der Waals surface area contributed by atoms with Gasteiger partial charge in [-0.25, -0.2) is 4.39 Å². The lowest BCUT2D eigenvalue weighted by molar-refractivity contribution is -0.128. The van der Waals surface area contributed by atoms with Gasteiger partial charge >= 0.3 is 0 Å². The van der Waals surface area contributed by atoms with E-state index < -0.39 is 21.3 Å². The highest BCUT2D eigenvalue weighted by molar-refractivity contribution is 7.85.